The van der Waals surface area contributed by atoms with Crippen LogP contribution in [-0.4, -0.2) is 27.4 Å². The lowest BCUT2D eigenvalue weighted by Gasteiger charge is -2.13. The molecule has 0 radical (unpaired) electrons. The van der Waals surface area contributed by atoms with E-state index in [0.717, 1.165) is 37.5 Å². The van der Waals surface area contributed by atoms with Gasteiger partial charge in [0, 0.05) is 22.2 Å². The first-order chi connectivity index (χ1) is 15.9. The molecular formula is C25H20N4O2S2. The average Bonchev–Trinajstić information content (AvgIpc) is 3.16. The molecule has 164 valence electrons. The average molecular weight is 473 g/mol. The number of aryl methyl sites for hydroxylation is 1. The van der Waals surface area contributed by atoms with Crippen LogP contribution in [0.2, 0.25) is 0 Å². The van der Waals surface area contributed by atoms with E-state index >= 15 is 0 Å². The molecule has 3 aromatic heterocycles. The molecule has 5 rings (SSSR count). The van der Waals surface area contributed by atoms with Gasteiger partial charge in [-0.3, -0.25) is 9.36 Å². The quantitative estimate of drug-likeness (QED) is 0.250. The number of fused-ring (bicyclic) bond motifs is 3. The molecule has 0 fully saturated rings. The van der Waals surface area contributed by atoms with E-state index in [-0.39, 0.29) is 5.78 Å². The van der Waals surface area contributed by atoms with Crippen LogP contribution >= 0.6 is 23.6 Å². The number of nitrogen functional groups attached to an aromatic ring is 1. The lowest BCUT2D eigenvalue weighted by molar-refractivity contribution is 0.101. The van der Waals surface area contributed by atoms with Crippen LogP contribution < -0.4 is 10.5 Å². The molecule has 0 saturated carbocycles. The van der Waals surface area contributed by atoms with Crippen LogP contribution in [0.15, 0.2) is 54.6 Å². The number of hydrogen-bond acceptors (Lipinski definition) is 7. The van der Waals surface area contributed by atoms with Gasteiger partial charge in [-0.15, -0.1) is 11.3 Å². The van der Waals surface area contributed by atoms with Gasteiger partial charge in [0.05, 0.1) is 23.0 Å². The first kappa shape index (κ1) is 21.2. The Hall–Kier alpha value is -3.62. The molecule has 2 aromatic carbocycles. The van der Waals surface area contributed by atoms with E-state index in [1.54, 1.807) is 18.6 Å². The molecule has 0 aliphatic carbocycles. The van der Waals surface area contributed by atoms with Crippen LogP contribution in [0.5, 0.6) is 5.75 Å². The van der Waals surface area contributed by atoms with Gasteiger partial charge in [0.1, 0.15) is 16.4 Å². The van der Waals surface area contributed by atoms with Crippen molar-refractivity contribution < 1.29 is 9.53 Å². The third-order valence-corrected chi connectivity index (χ3v) is 6.98. The SMILES string of the molecule is COc1ccc(-c2c(C(C)=O)c(C)nc3sc4c(N)n(-c5ccccc5)c(=S)nc4c23)cc1. The lowest BCUT2D eigenvalue weighted by Crippen LogP contribution is -2.06. The van der Waals surface area contributed by atoms with E-state index < -0.39 is 0 Å². The number of aromatic nitrogens is 3. The van der Waals surface area contributed by atoms with E-state index in [0.29, 0.717) is 27.4 Å². The Morgan fingerprint density at radius 3 is 2.42 bits per heavy atom. The Morgan fingerprint density at radius 2 is 1.79 bits per heavy atom. The number of para-hydroxylation sites is 1. The summed E-state index contributed by atoms with van der Waals surface area (Å²) < 4.78 is 8.20. The Kier molecular flexibility index (Phi) is 5.19. The molecule has 0 saturated heterocycles. The zero-order chi connectivity index (χ0) is 23.3. The van der Waals surface area contributed by atoms with Gasteiger partial charge in [-0.25, -0.2) is 9.97 Å². The van der Waals surface area contributed by atoms with Crippen molar-refractivity contribution >= 4 is 55.6 Å². The molecule has 0 amide bonds. The Bertz CT molecular complexity index is 1600. The first-order valence-corrected chi connectivity index (χ1v) is 11.5. The highest BCUT2D eigenvalue weighted by atomic mass is 32.1. The molecule has 0 aliphatic rings. The molecule has 2 N–H and O–H groups in total. The second-order valence-electron chi connectivity index (χ2n) is 7.64. The third kappa shape index (κ3) is 3.39. The topological polar surface area (TPSA) is 83.0 Å². The van der Waals surface area contributed by atoms with Gasteiger partial charge in [-0.05, 0) is 55.9 Å². The van der Waals surface area contributed by atoms with Crippen molar-refractivity contribution in [1.29, 1.82) is 0 Å². The zero-order valence-electron chi connectivity index (χ0n) is 18.2. The largest absolute Gasteiger partial charge is 0.497 e. The fourth-order valence-corrected chi connectivity index (χ4v) is 5.58. The summed E-state index contributed by atoms with van der Waals surface area (Å²) in [6, 6.07) is 17.3. The molecule has 0 aliphatic heterocycles. The number of carbonyl (C=O) groups excluding carboxylic acids is 1. The molecule has 33 heavy (non-hydrogen) atoms. The van der Waals surface area contributed by atoms with Crippen molar-refractivity contribution in [3.63, 3.8) is 0 Å². The first-order valence-electron chi connectivity index (χ1n) is 10.3. The van der Waals surface area contributed by atoms with E-state index in [1.165, 1.54) is 11.3 Å². The standard InChI is InChI=1S/C25H20N4O2S2/c1-13-18(14(2)30)19(15-9-11-17(31-3)12-10-15)20-21-22(33-24(20)27-13)23(26)29(25(32)28-21)16-7-5-4-6-8-16/h4-12H,26H2,1-3H3. The van der Waals surface area contributed by atoms with Crippen molar-refractivity contribution in [2.45, 2.75) is 13.8 Å². The van der Waals surface area contributed by atoms with E-state index in [1.807, 2.05) is 61.5 Å². The molecule has 3 heterocycles. The van der Waals surface area contributed by atoms with Crippen LogP contribution in [0.1, 0.15) is 23.0 Å². The molecule has 0 unspecified atom stereocenters. The molecule has 6 nitrogen and oxygen atoms in total. The summed E-state index contributed by atoms with van der Waals surface area (Å²) in [6.45, 7) is 3.41. The summed E-state index contributed by atoms with van der Waals surface area (Å²) in [5.41, 5.74) is 11.0. The second kappa shape index (κ2) is 8.06. The second-order valence-corrected chi connectivity index (χ2v) is 9.01. The van der Waals surface area contributed by atoms with Crippen LogP contribution in [0.4, 0.5) is 5.82 Å². The maximum absolute atomic E-state index is 12.7. The third-order valence-electron chi connectivity index (χ3n) is 5.61. The number of nitrogens with two attached hydrogens (primary N) is 1. The monoisotopic (exact) mass is 472 g/mol. The van der Waals surface area contributed by atoms with Crippen molar-refractivity contribution in [3.8, 4) is 22.6 Å². The van der Waals surface area contributed by atoms with E-state index in [2.05, 4.69) is 0 Å². The Labute approximate surface area is 199 Å². The number of pyridine rings is 1. The van der Waals surface area contributed by atoms with Gasteiger partial charge in [-0.2, -0.15) is 0 Å². The van der Waals surface area contributed by atoms with Crippen LogP contribution in [0, 0.1) is 11.7 Å². The lowest BCUT2D eigenvalue weighted by atomic mass is 9.93. The minimum absolute atomic E-state index is 0.0612. The summed E-state index contributed by atoms with van der Waals surface area (Å²) in [4.78, 5) is 23.0. The number of ether oxygens (including phenoxy) is 1. The summed E-state index contributed by atoms with van der Waals surface area (Å²) in [5.74, 6) is 1.18. The Morgan fingerprint density at radius 1 is 1.09 bits per heavy atom. The molecule has 0 spiro atoms. The summed E-state index contributed by atoms with van der Waals surface area (Å²) in [5, 5.41) is 0.786. The number of thiophene rings is 1. The zero-order valence-corrected chi connectivity index (χ0v) is 19.9. The minimum atomic E-state index is -0.0612. The van der Waals surface area contributed by atoms with Crippen molar-refractivity contribution in [3.05, 3.63) is 70.6 Å². The maximum atomic E-state index is 12.7. The van der Waals surface area contributed by atoms with Crippen LogP contribution in [-0.2, 0) is 0 Å². The van der Waals surface area contributed by atoms with Crippen molar-refractivity contribution in [2.24, 2.45) is 0 Å². The minimum Gasteiger partial charge on any atom is -0.497 e. The normalized spacial score (nSPS) is 11.2. The summed E-state index contributed by atoms with van der Waals surface area (Å²) in [7, 11) is 1.62. The van der Waals surface area contributed by atoms with Gasteiger partial charge >= 0.3 is 0 Å². The van der Waals surface area contributed by atoms with E-state index in [4.69, 9.17) is 32.7 Å². The van der Waals surface area contributed by atoms with Gasteiger partial charge in [-0.1, -0.05) is 30.3 Å². The fourth-order valence-electron chi connectivity index (χ4n) is 4.16. The predicted octanol–water partition coefficient (Wildman–Crippen LogP) is 6.13. The number of benzene rings is 2. The predicted molar refractivity (Wildman–Crippen MR) is 136 cm³/mol. The van der Waals surface area contributed by atoms with Gasteiger partial charge < -0.3 is 10.5 Å². The van der Waals surface area contributed by atoms with Gasteiger partial charge in [0.15, 0.2) is 5.78 Å². The van der Waals surface area contributed by atoms with Crippen LogP contribution in [0.3, 0.4) is 0 Å². The highest BCUT2D eigenvalue weighted by Gasteiger charge is 2.24. The molecule has 0 atom stereocenters. The number of rotatable bonds is 4. The maximum Gasteiger partial charge on any atom is 0.206 e. The molecule has 8 heteroatoms. The number of Topliss-reactive ketones (excluding diaryl/α,β-unsaturated/α-hetero) is 1. The molecular weight excluding hydrogens is 452 g/mol. The van der Waals surface area contributed by atoms with Gasteiger partial charge in [0.2, 0.25) is 4.77 Å². The number of carbonyl (C=O) groups is 1. The van der Waals surface area contributed by atoms with Crippen molar-refractivity contribution in [1.82, 2.24) is 14.5 Å². The summed E-state index contributed by atoms with van der Waals surface area (Å²) >= 11 is 7.11. The van der Waals surface area contributed by atoms with E-state index in [9.17, 15) is 4.79 Å². The highest BCUT2D eigenvalue weighted by molar-refractivity contribution is 7.71. The number of nitrogens with zero attached hydrogens (tertiary/aromatic N) is 3. The molecule has 0 bridgehead atoms. The van der Waals surface area contributed by atoms with Gasteiger partial charge in [0.25, 0.3) is 0 Å². The van der Waals surface area contributed by atoms with Crippen LogP contribution in [0.25, 0.3) is 37.2 Å². The summed E-state index contributed by atoms with van der Waals surface area (Å²) in [6.07, 6.45) is 0. The fraction of sp³-hybridized carbons (Fsp3) is 0.120. The number of hydrogen-bond donors (Lipinski definition) is 1. The highest BCUT2D eigenvalue weighted by Crippen LogP contribution is 2.43. The number of ketones is 1. The van der Waals surface area contributed by atoms with Crippen molar-refractivity contribution in [2.75, 3.05) is 12.8 Å². The smallest absolute Gasteiger partial charge is 0.206 e. The molecule has 5 aromatic rings. The number of methoxy groups -OCH3 is 1. The number of anilines is 1. The Balaban J connectivity index is 1.93.